The van der Waals surface area contributed by atoms with Gasteiger partial charge in [-0.3, -0.25) is 14.4 Å². The maximum atomic E-state index is 14.6. The number of amides is 3. The topological polar surface area (TPSA) is 81.2 Å². The number of anilines is 2. The van der Waals surface area contributed by atoms with Crippen LogP contribution in [0.25, 0.3) is 0 Å². The van der Waals surface area contributed by atoms with E-state index in [9.17, 15) is 19.5 Å². The Labute approximate surface area is 239 Å². The lowest BCUT2D eigenvalue weighted by molar-refractivity contribution is -0.138. The van der Waals surface area contributed by atoms with E-state index >= 15 is 0 Å². The molecule has 0 radical (unpaired) electrons. The second-order valence-corrected chi connectivity index (χ2v) is 12.6. The Morgan fingerprint density at radius 2 is 1.70 bits per heavy atom. The first-order valence-electron chi connectivity index (χ1n) is 14.1. The zero-order chi connectivity index (χ0) is 28.0. The van der Waals surface area contributed by atoms with E-state index in [1.54, 1.807) is 26.5 Å². The molecule has 4 heterocycles. The van der Waals surface area contributed by atoms with Crippen molar-refractivity contribution in [3.63, 3.8) is 0 Å². The number of aryl methyl sites for hydroxylation is 2. The number of hydrogen-bond donors (Lipinski definition) is 1. The summed E-state index contributed by atoms with van der Waals surface area (Å²) in [4.78, 5) is 48.5. The largest absolute Gasteiger partial charge is 0.396 e. The van der Waals surface area contributed by atoms with Gasteiger partial charge in [-0.25, -0.2) is 0 Å². The van der Waals surface area contributed by atoms with Crippen molar-refractivity contribution in [1.82, 2.24) is 4.90 Å². The Bertz CT molecular complexity index is 1390. The van der Waals surface area contributed by atoms with E-state index in [4.69, 9.17) is 0 Å². The molecule has 1 spiro atoms. The average molecular weight is 558 g/mol. The van der Waals surface area contributed by atoms with E-state index in [0.29, 0.717) is 32.5 Å². The van der Waals surface area contributed by atoms with Crippen molar-refractivity contribution in [3.05, 3.63) is 84.0 Å². The van der Waals surface area contributed by atoms with Gasteiger partial charge in [-0.2, -0.15) is 0 Å². The number of carbonyl (C=O) groups excluding carboxylic acids is 3. The number of carbonyl (C=O) groups is 3. The summed E-state index contributed by atoms with van der Waals surface area (Å²) in [5, 5.41) is 9.24. The second kappa shape index (κ2) is 10.6. The molecule has 0 aliphatic carbocycles. The first-order valence-corrected chi connectivity index (χ1v) is 14.9. The fourth-order valence-electron chi connectivity index (χ4n) is 6.84. The number of hydrogen-bond acceptors (Lipinski definition) is 5. The minimum Gasteiger partial charge on any atom is -0.396 e. The number of unbranched alkanes of at least 4 members (excludes halogenated alkanes) is 1. The lowest BCUT2D eigenvalue weighted by Gasteiger charge is -2.35. The minimum atomic E-state index is -0.852. The number of aliphatic hydroxyl groups excluding tert-OH is 1. The third-order valence-corrected chi connectivity index (χ3v) is 10.4. The molecule has 4 aliphatic heterocycles. The summed E-state index contributed by atoms with van der Waals surface area (Å²) in [6.45, 7) is 5.25. The maximum Gasteiger partial charge on any atom is 0.251 e. The Hall–Kier alpha value is -3.36. The van der Waals surface area contributed by atoms with Crippen molar-refractivity contribution < 1.29 is 19.5 Å². The van der Waals surface area contributed by atoms with E-state index < -0.39 is 22.6 Å². The standard InChI is InChI=1S/C32H35N3O4S/c1-21-13-14-22(2)24(20-21)34-18-9-15-32-27(30(38)35(16-6-7-19-36)28(32)31(34)39)26-25(40-32)12-8-17-33(29(26)37)23-10-4-3-5-11-23/h3-5,8-15,20,25-28,36H,6-7,16-19H2,1-2H3/t25-,26+,27-,28?,32-/m0/s1. The van der Waals surface area contributed by atoms with E-state index in [1.807, 2.05) is 74.5 Å². The van der Waals surface area contributed by atoms with Gasteiger partial charge in [-0.05, 0) is 56.0 Å². The fraction of sp³-hybridized carbons (Fsp3) is 0.406. The van der Waals surface area contributed by atoms with Crippen LogP contribution in [0.3, 0.4) is 0 Å². The minimum absolute atomic E-state index is 0.0263. The number of nitrogens with zero attached hydrogens (tertiary/aromatic N) is 3. The lowest BCUT2D eigenvalue weighted by atomic mass is 9.78. The molecule has 1 N–H and O–H groups in total. The predicted molar refractivity (Wildman–Crippen MR) is 158 cm³/mol. The van der Waals surface area contributed by atoms with Crippen molar-refractivity contribution in [2.75, 3.05) is 36.0 Å². The normalized spacial score (nSPS) is 29.4. The Morgan fingerprint density at radius 3 is 2.48 bits per heavy atom. The highest BCUT2D eigenvalue weighted by molar-refractivity contribution is 8.02. The van der Waals surface area contributed by atoms with Crippen molar-refractivity contribution >= 4 is 40.9 Å². The SMILES string of the molecule is Cc1ccc(C)c(N2CC=C[C@]34S[C@H]5C=CCN(c6ccccc6)C(=O)[C@H]5[C@H]3C(=O)N(CCCCO)C4C2=O)c1. The first kappa shape index (κ1) is 26.8. The molecule has 4 aliphatic rings. The summed E-state index contributed by atoms with van der Waals surface area (Å²) in [5.74, 6) is -1.55. The molecular weight excluding hydrogens is 522 g/mol. The molecule has 0 saturated carbocycles. The van der Waals surface area contributed by atoms with Crippen molar-refractivity contribution in [2.24, 2.45) is 11.8 Å². The van der Waals surface area contributed by atoms with Gasteiger partial charge in [-0.15, -0.1) is 11.8 Å². The summed E-state index contributed by atoms with van der Waals surface area (Å²) in [7, 11) is 0. The quantitative estimate of drug-likeness (QED) is 0.431. The van der Waals surface area contributed by atoms with E-state index in [0.717, 1.165) is 22.5 Å². The van der Waals surface area contributed by atoms with Crippen LogP contribution in [-0.2, 0) is 14.4 Å². The van der Waals surface area contributed by atoms with Crippen LogP contribution in [-0.4, -0.2) is 70.0 Å². The molecule has 2 fully saturated rings. The molecule has 2 aromatic carbocycles. The van der Waals surface area contributed by atoms with Crippen molar-refractivity contribution in [2.45, 2.75) is 42.7 Å². The molecule has 0 aromatic heterocycles. The number of likely N-dealkylation sites (tertiary alicyclic amines) is 1. The second-order valence-electron chi connectivity index (χ2n) is 11.2. The zero-order valence-electron chi connectivity index (χ0n) is 22.9. The highest BCUT2D eigenvalue weighted by Crippen LogP contribution is 2.61. The Morgan fingerprint density at radius 1 is 0.925 bits per heavy atom. The van der Waals surface area contributed by atoms with Gasteiger partial charge in [-0.1, -0.05) is 54.6 Å². The number of aliphatic hydroxyl groups is 1. The van der Waals surface area contributed by atoms with Crippen LogP contribution in [0.2, 0.25) is 0 Å². The smallest absolute Gasteiger partial charge is 0.251 e. The summed E-state index contributed by atoms with van der Waals surface area (Å²) >= 11 is 1.60. The summed E-state index contributed by atoms with van der Waals surface area (Å²) in [6.07, 6.45) is 9.28. The summed E-state index contributed by atoms with van der Waals surface area (Å²) in [5.41, 5.74) is 3.71. The van der Waals surface area contributed by atoms with Gasteiger partial charge in [0.1, 0.15) is 6.04 Å². The summed E-state index contributed by atoms with van der Waals surface area (Å²) < 4.78 is -0.852. The molecular formula is C32H35N3O4S. The molecule has 2 saturated heterocycles. The number of para-hydroxylation sites is 1. The number of benzene rings is 2. The Balaban J connectivity index is 1.44. The molecule has 208 valence electrons. The third-order valence-electron chi connectivity index (χ3n) is 8.69. The van der Waals surface area contributed by atoms with Crippen molar-refractivity contribution in [3.8, 4) is 0 Å². The van der Waals surface area contributed by atoms with Crippen molar-refractivity contribution in [1.29, 1.82) is 0 Å². The van der Waals surface area contributed by atoms with Crippen LogP contribution < -0.4 is 9.80 Å². The van der Waals surface area contributed by atoms with Gasteiger partial charge in [0, 0.05) is 42.9 Å². The summed E-state index contributed by atoms with van der Waals surface area (Å²) in [6, 6.07) is 14.9. The number of fused-ring (bicyclic) bond motifs is 2. The van der Waals surface area contributed by atoms with E-state index in [2.05, 4.69) is 12.2 Å². The molecule has 3 amide bonds. The molecule has 8 heteroatoms. The van der Waals surface area contributed by atoms with Gasteiger partial charge >= 0.3 is 0 Å². The van der Waals surface area contributed by atoms with Crippen LogP contribution in [0.1, 0.15) is 24.0 Å². The monoisotopic (exact) mass is 557 g/mol. The maximum absolute atomic E-state index is 14.6. The van der Waals surface area contributed by atoms with E-state index in [1.165, 1.54) is 0 Å². The van der Waals surface area contributed by atoms with Gasteiger partial charge < -0.3 is 19.8 Å². The third kappa shape index (κ3) is 4.20. The van der Waals surface area contributed by atoms with Crippen LogP contribution in [0.4, 0.5) is 11.4 Å². The molecule has 7 nitrogen and oxygen atoms in total. The van der Waals surface area contributed by atoms with Gasteiger partial charge in [0.15, 0.2) is 0 Å². The molecule has 1 unspecified atom stereocenters. The fourth-order valence-corrected chi connectivity index (χ4v) is 8.84. The van der Waals surface area contributed by atoms with Gasteiger partial charge in [0.2, 0.25) is 11.8 Å². The van der Waals surface area contributed by atoms with E-state index in [-0.39, 0.29) is 29.6 Å². The number of rotatable bonds is 6. The Kier molecular flexibility index (Phi) is 7.09. The first-order chi connectivity index (χ1) is 19.4. The van der Waals surface area contributed by atoms with Gasteiger partial charge in [0.25, 0.3) is 5.91 Å². The molecule has 5 atom stereocenters. The van der Waals surface area contributed by atoms with Crippen LogP contribution in [0.5, 0.6) is 0 Å². The molecule has 2 aromatic rings. The molecule has 0 bridgehead atoms. The highest BCUT2D eigenvalue weighted by Gasteiger charge is 2.71. The molecule has 6 rings (SSSR count). The van der Waals surface area contributed by atoms with Crippen LogP contribution >= 0.6 is 11.8 Å². The number of thioether (sulfide) groups is 1. The lowest BCUT2D eigenvalue weighted by Crippen LogP contribution is -2.53. The van der Waals surface area contributed by atoms with Crippen LogP contribution in [0, 0.1) is 25.7 Å². The predicted octanol–water partition coefficient (Wildman–Crippen LogP) is 3.88. The highest BCUT2D eigenvalue weighted by atomic mass is 32.2. The van der Waals surface area contributed by atoms with Crippen LogP contribution in [0.15, 0.2) is 72.8 Å². The molecule has 40 heavy (non-hydrogen) atoms. The van der Waals surface area contributed by atoms with Gasteiger partial charge in [0.05, 0.1) is 16.6 Å². The zero-order valence-corrected chi connectivity index (χ0v) is 23.7. The average Bonchev–Trinajstić information content (AvgIpc) is 3.26.